The molecule has 0 saturated carbocycles. The van der Waals surface area contributed by atoms with Gasteiger partial charge in [0.2, 0.25) is 0 Å². The molecule has 1 aromatic carbocycles. The molecular formula is C14H32O6Ti2-2. The maximum absolute atomic E-state index is 7.00. The summed E-state index contributed by atoms with van der Waals surface area (Å²) in [6.07, 6.45) is 0. The first-order valence-corrected chi connectivity index (χ1v) is 5.22. The monoisotopic (exact) mass is 392 g/mol. The summed E-state index contributed by atoms with van der Waals surface area (Å²) in [4.78, 5) is 0. The van der Waals surface area contributed by atoms with Gasteiger partial charge in [-0.1, -0.05) is 0 Å². The molecule has 1 rings (SSSR count). The second-order valence-corrected chi connectivity index (χ2v) is 1.77. The third kappa shape index (κ3) is 59.4. The fraction of sp³-hybridized carbons (Fsp3) is 0.429. The summed E-state index contributed by atoms with van der Waals surface area (Å²) in [5, 5.41) is 42.0. The summed E-state index contributed by atoms with van der Waals surface area (Å²) in [5.74, 6) is 0. The molecule has 0 aromatic heterocycles. The number of aliphatic hydroxyl groups excluding tert-OH is 6. The molecule has 0 aliphatic heterocycles. The molecule has 6 nitrogen and oxygen atoms in total. The Hall–Kier alpha value is 0.149. The molecule has 0 saturated heterocycles. The Morgan fingerprint density at radius 1 is 0.500 bits per heavy atom. The average molecular weight is 392 g/mol. The van der Waals surface area contributed by atoms with Crippen LogP contribution in [0.25, 0.3) is 0 Å². The number of hydrogen-bond donors (Lipinski definition) is 6. The summed E-state index contributed by atoms with van der Waals surface area (Å²) in [5.41, 5.74) is 2.01. The fourth-order valence-corrected chi connectivity index (χ4v) is 0.557. The molecule has 134 valence electrons. The zero-order chi connectivity index (χ0) is 18.0. The van der Waals surface area contributed by atoms with Gasteiger partial charge in [-0.2, -0.15) is 0 Å². The van der Waals surface area contributed by atoms with Crippen LogP contribution in [-0.2, 0) is 43.4 Å². The van der Waals surface area contributed by atoms with Gasteiger partial charge >= 0.3 is 0 Å². The first-order valence-electron chi connectivity index (χ1n) is 5.22. The molecule has 0 spiro atoms. The van der Waals surface area contributed by atoms with Crippen molar-refractivity contribution in [2.24, 2.45) is 0 Å². The summed E-state index contributed by atoms with van der Waals surface area (Å²) < 4.78 is 0. The molecule has 0 fully saturated rings. The molecule has 0 aliphatic carbocycles. The zero-order valence-electron chi connectivity index (χ0n) is 14.4. The quantitative estimate of drug-likeness (QED) is 0.266. The van der Waals surface area contributed by atoms with Gasteiger partial charge in [-0.15, -0.1) is 12.1 Å². The van der Waals surface area contributed by atoms with Crippen molar-refractivity contribution in [3.05, 3.63) is 49.2 Å². The van der Waals surface area contributed by atoms with Crippen LogP contribution < -0.4 is 0 Å². The Morgan fingerprint density at radius 2 is 0.636 bits per heavy atom. The van der Waals surface area contributed by atoms with E-state index in [1.165, 1.54) is 0 Å². The Balaban J connectivity index is -0.0000000203. The van der Waals surface area contributed by atoms with Gasteiger partial charge in [0.05, 0.1) is 0 Å². The van der Waals surface area contributed by atoms with E-state index in [1.807, 2.05) is 24.3 Å². The maximum atomic E-state index is 7.00. The summed E-state index contributed by atoms with van der Waals surface area (Å²) in [6, 6.07) is 7.80. The maximum Gasteiger partial charge on any atom is 0.0319 e. The number of hydrogen-bond acceptors (Lipinski definition) is 6. The van der Waals surface area contributed by atoms with E-state index in [-0.39, 0.29) is 43.4 Å². The average Bonchev–Trinajstić information content (AvgIpc) is 2.61. The molecule has 0 radical (unpaired) electrons. The third-order valence-electron chi connectivity index (χ3n) is 1.12. The van der Waals surface area contributed by atoms with Gasteiger partial charge in [-0.3, -0.25) is 25.0 Å². The molecule has 0 unspecified atom stereocenters. The Kier molecular flexibility index (Phi) is 188. The second-order valence-electron chi connectivity index (χ2n) is 1.77. The largest absolute Gasteiger partial charge is 0.400 e. The van der Waals surface area contributed by atoms with Crippen molar-refractivity contribution in [2.45, 2.75) is 0 Å². The molecule has 0 heterocycles. The number of rotatable bonds is 0. The summed E-state index contributed by atoms with van der Waals surface area (Å²) >= 11 is 0. The standard InChI is InChI=1S/C8H8.6CH4O.2Ti/c1-7-5-3-4-6-8(7)2;6*1-2;;/h3-6H,1-2H2;6*2H,1H3;;/q-2;;;;;;;;. The van der Waals surface area contributed by atoms with Gasteiger partial charge in [0.25, 0.3) is 0 Å². The van der Waals surface area contributed by atoms with E-state index >= 15 is 0 Å². The minimum Gasteiger partial charge on any atom is -0.400 e. The van der Waals surface area contributed by atoms with Gasteiger partial charge in [0.1, 0.15) is 0 Å². The molecule has 6 N–H and O–H groups in total. The van der Waals surface area contributed by atoms with Gasteiger partial charge in [-0.25, -0.2) is 12.1 Å². The van der Waals surface area contributed by atoms with E-state index in [0.29, 0.717) is 0 Å². The Bertz CT molecular complexity index is 183. The topological polar surface area (TPSA) is 121 Å². The van der Waals surface area contributed by atoms with Crippen LogP contribution in [-0.4, -0.2) is 73.3 Å². The van der Waals surface area contributed by atoms with Crippen LogP contribution in [0.1, 0.15) is 11.1 Å². The van der Waals surface area contributed by atoms with E-state index in [4.69, 9.17) is 30.6 Å². The van der Waals surface area contributed by atoms with Crippen LogP contribution in [0.3, 0.4) is 0 Å². The number of benzene rings is 1. The Labute approximate surface area is 165 Å². The molecular weight excluding hydrogens is 360 g/mol. The van der Waals surface area contributed by atoms with Crippen molar-refractivity contribution in [3.63, 3.8) is 0 Å². The minimum absolute atomic E-state index is 0. The normalized spacial score (nSPS) is 4.91. The van der Waals surface area contributed by atoms with Crippen molar-refractivity contribution < 1.29 is 74.1 Å². The van der Waals surface area contributed by atoms with Crippen LogP contribution in [0.2, 0.25) is 0 Å². The fourth-order valence-electron chi connectivity index (χ4n) is 0.557. The zero-order valence-corrected chi connectivity index (χ0v) is 17.5. The van der Waals surface area contributed by atoms with E-state index in [1.54, 1.807) is 0 Å². The SMILES string of the molecule is CO.CO.CO.CO.CO.CO.[CH2-]c1ccccc1[CH2-].[Ti].[Ti]. The van der Waals surface area contributed by atoms with E-state index < -0.39 is 0 Å². The van der Waals surface area contributed by atoms with Crippen LogP contribution in [0.15, 0.2) is 24.3 Å². The van der Waals surface area contributed by atoms with E-state index in [9.17, 15) is 0 Å². The van der Waals surface area contributed by atoms with Crippen LogP contribution in [0.4, 0.5) is 0 Å². The molecule has 1 aromatic rings. The van der Waals surface area contributed by atoms with E-state index in [2.05, 4.69) is 13.8 Å². The van der Waals surface area contributed by atoms with Gasteiger partial charge in [0.15, 0.2) is 0 Å². The van der Waals surface area contributed by atoms with Crippen molar-refractivity contribution in [1.82, 2.24) is 0 Å². The summed E-state index contributed by atoms with van der Waals surface area (Å²) in [6.45, 7) is 7.52. The molecule has 0 amide bonds. The Morgan fingerprint density at radius 3 is 0.727 bits per heavy atom. The molecule has 0 bridgehead atoms. The van der Waals surface area contributed by atoms with Crippen LogP contribution in [0, 0.1) is 13.8 Å². The van der Waals surface area contributed by atoms with Crippen LogP contribution in [0.5, 0.6) is 0 Å². The predicted octanol–water partition coefficient (Wildman–Crippen LogP) is -0.303. The third-order valence-corrected chi connectivity index (χ3v) is 1.12. The molecule has 0 aliphatic rings. The van der Waals surface area contributed by atoms with Crippen molar-refractivity contribution in [3.8, 4) is 0 Å². The van der Waals surface area contributed by atoms with Gasteiger partial charge in [-0.05, 0) is 0 Å². The second kappa shape index (κ2) is 83.4. The first kappa shape index (κ1) is 49.5. The molecule has 22 heavy (non-hydrogen) atoms. The van der Waals surface area contributed by atoms with Gasteiger partial charge in [0, 0.05) is 86.1 Å². The van der Waals surface area contributed by atoms with Crippen LogP contribution >= 0.6 is 0 Å². The minimum atomic E-state index is 0. The molecule has 0 atom stereocenters. The summed E-state index contributed by atoms with van der Waals surface area (Å²) in [7, 11) is 6.00. The smallest absolute Gasteiger partial charge is 0.0319 e. The predicted molar refractivity (Wildman–Crippen MR) is 84.2 cm³/mol. The van der Waals surface area contributed by atoms with Crippen molar-refractivity contribution in [1.29, 1.82) is 0 Å². The van der Waals surface area contributed by atoms with Crippen molar-refractivity contribution >= 4 is 0 Å². The molecule has 8 heteroatoms. The van der Waals surface area contributed by atoms with Crippen molar-refractivity contribution in [2.75, 3.05) is 42.7 Å². The first-order chi connectivity index (χ1) is 9.80. The van der Waals surface area contributed by atoms with E-state index in [0.717, 1.165) is 53.8 Å². The number of aliphatic hydroxyl groups is 6. The van der Waals surface area contributed by atoms with Gasteiger partial charge < -0.3 is 30.6 Å².